The molecular weight excluding hydrogens is 265 g/mol. The Morgan fingerprint density at radius 3 is 2.42 bits per heavy atom. The minimum atomic E-state index is -4.44. The summed E-state index contributed by atoms with van der Waals surface area (Å²) < 4.78 is 36.6. The number of carbonyl (C=O) groups excluding carboxylic acids is 1. The summed E-state index contributed by atoms with van der Waals surface area (Å²) in [5.41, 5.74) is 0. The van der Waals surface area contributed by atoms with Gasteiger partial charge in [-0.05, 0) is 19.8 Å². The molecule has 0 spiro atoms. The average molecular weight is 282 g/mol. The van der Waals surface area contributed by atoms with Crippen LogP contribution in [0.4, 0.5) is 18.0 Å². The van der Waals surface area contributed by atoms with E-state index in [1.807, 2.05) is 0 Å². The summed E-state index contributed by atoms with van der Waals surface area (Å²) in [5.74, 6) is -1.46. The number of rotatable bonds is 2. The zero-order valence-electron chi connectivity index (χ0n) is 10.8. The number of carbonyl (C=O) groups is 2. The van der Waals surface area contributed by atoms with E-state index in [9.17, 15) is 22.8 Å². The summed E-state index contributed by atoms with van der Waals surface area (Å²) in [6, 6.07) is -1.09. The van der Waals surface area contributed by atoms with Crippen LogP contribution in [0.3, 0.4) is 0 Å². The van der Waals surface area contributed by atoms with E-state index >= 15 is 0 Å². The molecule has 0 bridgehead atoms. The van der Waals surface area contributed by atoms with Crippen LogP contribution in [0.2, 0.25) is 0 Å². The second-order valence-corrected chi connectivity index (χ2v) is 4.86. The quantitative estimate of drug-likeness (QED) is 0.840. The standard InChI is InChI=1S/C11H17F3N2O3/c1-7-5-8(9(17)18)3-4-16(7)10(19)15(2)6-11(12,13)14/h7-8H,3-6H2,1-2H3,(H,17,18). The first-order chi connectivity index (χ1) is 8.61. The maximum Gasteiger partial charge on any atom is 0.406 e. The van der Waals surface area contributed by atoms with Crippen LogP contribution in [0.25, 0.3) is 0 Å². The number of piperidine rings is 1. The Bertz CT molecular complexity index is 360. The van der Waals surface area contributed by atoms with Gasteiger partial charge in [-0.15, -0.1) is 0 Å². The molecule has 110 valence electrons. The average Bonchev–Trinajstić information content (AvgIpc) is 2.25. The van der Waals surface area contributed by atoms with Gasteiger partial charge >= 0.3 is 18.2 Å². The van der Waals surface area contributed by atoms with Crippen LogP contribution in [0.5, 0.6) is 0 Å². The van der Waals surface area contributed by atoms with Crippen molar-refractivity contribution in [2.24, 2.45) is 5.92 Å². The molecule has 1 fully saturated rings. The van der Waals surface area contributed by atoms with Gasteiger partial charge in [-0.3, -0.25) is 4.79 Å². The van der Waals surface area contributed by atoms with Gasteiger partial charge in [0.05, 0.1) is 5.92 Å². The van der Waals surface area contributed by atoms with Crippen molar-refractivity contribution >= 4 is 12.0 Å². The van der Waals surface area contributed by atoms with E-state index in [-0.39, 0.29) is 25.4 Å². The van der Waals surface area contributed by atoms with Gasteiger partial charge in [-0.25, -0.2) is 4.79 Å². The van der Waals surface area contributed by atoms with Crippen LogP contribution in [0.15, 0.2) is 0 Å². The zero-order chi connectivity index (χ0) is 14.8. The SMILES string of the molecule is CC1CC(C(=O)O)CCN1C(=O)N(C)CC(F)(F)F. The number of amides is 2. The molecule has 2 amide bonds. The second-order valence-electron chi connectivity index (χ2n) is 4.86. The van der Waals surface area contributed by atoms with Crippen molar-refractivity contribution in [2.45, 2.75) is 32.0 Å². The number of carboxylic acid groups (broad SMARTS) is 1. The number of carboxylic acids is 1. The normalized spacial score (nSPS) is 24.2. The number of halogens is 3. The summed E-state index contributed by atoms with van der Waals surface area (Å²) in [4.78, 5) is 24.6. The number of hydrogen-bond acceptors (Lipinski definition) is 2. The Kier molecular flexibility index (Phi) is 4.65. The molecule has 1 heterocycles. The third-order valence-corrected chi connectivity index (χ3v) is 3.21. The van der Waals surface area contributed by atoms with Crippen molar-refractivity contribution in [3.63, 3.8) is 0 Å². The highest BCUT2D eigenvalue weighted by Gasteiger charge is 2.37. The van der Waals surface area contributed by atoms with Crippen molar-refractivity contribution in [3.8, 4) is 0 Å². The molecule has 8 heteroatoms. The topological polar surface area (TPSA) is 60.9 Å². The van der Waals surface area contributed by atoms with Crippen LogP contribution in [0.1, 0.15) is 19.8 Å². The minimum absolute atomic E-state index is 0.166. The van der Waals surface area contributed by atoms with E-state index in [4.69, 9.17) is 5.11 Å². The number of likely N-dealkylation sites (tertiary alicyclic amines) is 1. The van der Waals surface area contributed by atoms with Gasteiger partial charge in [-0.1, -0.05) is 0 Å². The molecule has 0 aliphatic carbocycles. The molecule has 0 aromatic carbocycles. The summed E-state index contributed by atoms with van der Waals surface area (Å²) in [5, 5.41) is 8.88. The van der Waals surface area contributed by atoms with Crippen LogP contribution in [-0.2, 0) is 4.79 Å². The molecule has 1 aliphatic heterocycles. The number of nitrogens with zero attached hydrogens (tertiary/aromatic N) is 2. The molecule has 0 radical (unpaired) electrons. The summed E-state index contributed by atoms with van der Waals surface area (Å²) in [6.07, 6.45) is -3.90. The lowest BCUT2D eigenvalue weighted by atomic mass is 9.92. The fraction of sp³-hybridized carbons (Fsp3) is 0.818. The lowest BCUT2D eigenvalue weighted by Crippen LogP contribution is -2.52. The maximum absolute atomic E-state index is 12.2. The fourth-order valence-electron chi connectivity index (χ4n) is 2.24. The van der Waals surface area contributed by atoms with Gasteiger partial charge in [-0.2, -0.15) is 13.2 Å². The largest absolute Gasteiger partial charge is 0.481 e. The summed E-state index contributed by atoms with van der Waals surface area (Å²) >= 11 is 0. The zero-order valence-corrected chi connectivity index (χ0v) is 10.8. The molecule has 0 aromatic rings. The van der Waals surface area contributed by atoms with E-state index in [0.29, 0.717) is 4.90 Å². The van der Waals surface area contributed by atoms with E-state index < -0.39 is 30.6 Å². The van der Waals surface area contributed by atoms with Crippen molar-refractivity contribution < 1.29 is 27.9 Å². The first kappa shape index (κ1) is 15.6. The number of alkyl halides is 3. The van der Waals surface area contributed by atoms with Gasteiger partial charge in [0, 0.05) is 19.6 Å². The first-order valence-corrected chi connectivity index (χ1v) is 5.93. The van der Waals surface area contributed by atoms with E-state index in [2.05, 4.69) is 0 Å². The smallest absolute Gasteiger partial charge is 0.406 e. The molecule has 1 aliphatic rings. The van der Waals surface area contributed by atoms with Crippen LogP contribution in [-0.4, -0.2) is 59.3 Å². The van der Waals surface area contributed by atoms with Crippen LogP contribution < -0.4 is 0 Å². The predicted octanol–water partition coefficient (Wildman–Crippen LogP) is 1.79. The Hall–Kier alpha value is -1.47. The van der Waals surface area contributed by atoms with E-state index in [0.717, 1.165) is 7.05 Å². The lowest BCUT2D eigenvalue weighted by molar-refractivity contribution is -0.144. The Labute approximate surface area is 109 Å². The molecule has 5 nitrogen and oxygen atoms in total. The second kappa shape index (κ2) is 5.66. The number of urea groups is 1. The van der Waals surface area contributed by atoms with Gasteiger partial charge in [0.1, 0.15) is 6.54 Å². The molecule has 2 atom stereocenters. The molecule has 0 aromatic heterocycles. The van der Waals surface area contributed by atoms with Crippen molar-refractivity contribution in [3.05, 3.63) is 0 Å². The van der Waals surface area contributed by atoms with E-state index in [1.54, 1.807) is 6.92 Å². The molecule has 1 saturated heterocycles. The van der Waals surface area contributed by atoms with Gasteiger partial charge in [0.15, 0.2) is 0 Å². The summed E-state index contributed by atoms with van der Waals surface area (Å²) in [7, 11) is 1.09. The molecule has 19 heavy (non-hydrogen) atoms. The maximum atomic E-state index is 12.2. The lowest BCUT2D eigenvalue weighted by Gasteiger charge is -2.38. The molecule has 1 rings (SSSR count). The minimum Gasteiger partial charge on any atom is -0.481 e. The Balaban J connectivity index is 2.61. The highest BCUT2D eigenvalue weighted by Crippen LogP contribution is 2.24. The highest BCUT2D eigenvalue weighted by molar-refractivity contribution is 5.75. The van der Waals surface area contributed by atoms with Crippen molar-refractivity contribution in [2.75, 3.05) is 20.1 Å². The third kappa shape index (κ3) is 4.29. The first-order valence-electron chi connectivity index (χ1n) is 5.93. The Morgan fingerprint density at radius 2 is 2.00 bits per heavy atom. The van der Waals surface area contributed by atoms with Crippen LogP contribution >= 0.6 is 0 Å². The van der Waals surface area contributed by atoms with Crippen LogP contribution in [0, 0.1) is 5.92 Å². The fourth-order valence-corrected chi connectivity index (χ4v) is 2.24. The highest BCUT2D eigenvalue weighted by atomic mass is 19.4. The molecule has 0 saturated carbocycles. The van der Waals surface area contributed by atoms with Crippen molar-refractivity contribution in [1.29, 1.82) is 0 Å². The Morgan fingerprint density at radius 1 is 1.42 bits per heavy atom. The molecular formula is C11H17F3N2O3. The van der Waals surface area contributed by atoms with Gasteiger partial charge < -0.3 is 14.9 Å². The number of hydrogen-bond donors (Lipinski definition) is 1. The predicted molar refractivity (Wildman–Crippen MR) is 60.6 cm³/mol. The van der Waals surface area contributed by atoms with Gasteiger partial charge in [0.2, 0.25) is 0 Å². The van der Waals surface area contributed by atoms with E-state index in [1.165, 1.54) is 4.90 Å². The molecule has 2 unspecified atom stereocenters. The van der Waals surface area contributed by atoms with Crippen molar-refractivity contribution in [1.82, 2.24) is 9.80 Å². The summed E-state index contributed by atoms with van der Waals surface area (Å²) in [6.45, 7) is 0.505. The number of aliphatic carboxylic acids is 1. The third-order valence-electron chi connectivity index (χ3n) is 3.21. The molecule has 1 N–H and O–H groups in total. The van der Waals surface area contributed by atoms with Gasteiger partial charge in [0.25, 0.3) is 0 Å². The monoisotopic (exact) mass is 282 g/mol.